The van der Waals surface area contributed by atoms with Crippen molar-refractivity contribution in [3.05, 3.63) is 59.7 Å². The van der Waals surface area contributed by atoms with E-state index >= 15 is 0 Å². The quantitative estimate of drug-likeness (QED) is 0.0569. The molecule has 0 N–H and O–H groups in total. The molecule has 46 heavy (non-hydrogen) atoms. The van der Waals surface area contributed by atoms with Crippen molar-refractivity contribution >= 4 is 24.2 Å². The molecular weight excluding hydrogens is 608 g/mol. The van der Waals surface area contributed by atoms with Crippen LogP contribution in [0.4, 0.5) is 9.59 Å². The van der Waals surface area contributed by atoms with Crippen molar-refractivity contribution in [2.45, 2.75) is 91.3 Å². The first-order chi connectivity index (χ1) is 22.1. The fourth-order valence-electron chi connectivity index (χ4n) is 3.76. The molecule has 0 amide bonds. The summed E-state index contributed by atoms with van der Waals surface area (Å²) in [5.41, 5.74) is 0.370. The second-order valence-electron chi connectivity index (χ2n) is 10.5. The minimum Gasteiger partial charge on any atom is -0.491 e. The molecule has 0 unspecified atom stereocenters. The number of carbonyl (C=O) groups excluding carboxylic acids is 4. The average molecular weight is 651 g/mol. The third kappa shape index (κ3) is 17.1. The first kappa shape index (κ1) is 37.6. The van der Waals surface area contributed by atoms with Crippen LogP contribution in [0.1, 0.15) is 99.8 Å². The lowest BCUT2D eigenvalue weighted by Gasteiger charge is -2.09. The fourth-order valence-corrected chi connectivity index (χ4v) is 3.76. The second-order valence-corrected chi connectivity index (χ2v) is 10.5. The molecule has 0 saturated carbocycles. The maximum atomic E-state index is 11.9. The van der Waals surface area contributed by atoms with E-state index in [9.17, 15) is 19.2 Å². The van der Waals surface area contributed by atoms with E-state index in [1.54, 1.807) is 24.3 Å². The van der Waals surface area contributed by atoms with E-state index < -0.39 is 24.2 Å². The molecule has 0 aliphatic carbocycles. The summed E-state index contributed by atoms with van der Waals surface area (Å²) in [5, 5.41) is 8.41. The van der Waals surface area contributed by atoms with Gasteiger partial charge in [0.1, 0.15) is 11.5 Å². The van der Waals surface area contributed by atoms with Crippen LogP contribution in [0.5, 0.6) is 11.5 Å². The Labute approximate surface area is 267 Å². The number of carbonyl (C=O) groups is 4. The molecule has 0 fully saturated rings. The number of unbranched alkanes of at least 4 members (excludes halogenated alkanes) is 7. The summed E-state index contributed by atoms with van der Waals surface area (Å²) < 4.78 is 20.7. The maximum Gasteiger partial charge on any atom is 0.543 e. The molecule has 0 radical (unpaired) electrons. The van der Waals surface area contributed by atoms with Crippen molar-refractivity contribution in [2.24, 2.45) is 0 Å². The smallest absolute Gasteiger partial charge is 0.491 e. The SMILES string of the molecule is CC(C)Oc1ccc(C(=O)OOOC(=O)OCCCCCCCCCCOC(=O)OOOC(=O)c2ccc(OC(C)C)cc2)cc1. The number of benzene rings is 2. The highest BCUT2D eigenvalue weighted by molar-refractivity contribution is 5.89. The zero-order valence-electron chi connectivity index (χ0n) is 26.6. The Kier molecular flexibility index (Phi) is 18.0. The highest BCUT2D eigenvalue weighted by atomic mass is 17.5. The van der Waals surface area contributed by atoms with Crippen LogP contribution in [0.25, 0.3) is 0 Å². The van der Waals surface area contributed by atoms with E-state index in [4.69, 9.17) is 18.9 Å². The number of hydrogen-bond acceptors (Lipinski definition) is 14. The molecule has 0 heterocycles. The van der Waals surface area contributed by atoms with E-state index in [2.05, 4.69) is 29.6 Å². The van der Waals surface area contributed by atoms with E-state index in [-0.39, 0.29) is 36.5 Å². The minimum atomic E-state index is -1.12. The summed E-state index contributed by atoms with van der Waals surface area (Å²) in [6.07, 6.45) is 4.58. The van der Waals surface area contributed by atoms with Gasteiger partial charge in [-0.3, -0.25) is 9.78 Å². The van der Waals surface area contributed by atoms with Crippen molar-refractivity contribution in [2.75, 3.05) is 13.2 Å². The summed E-state index contributed by atoms with van der Waals surface area (Å²) in [5.74, 6) is -0.497. The molecule has 2 aromatic carbocycles. The Morgan fingerprint density at radius 3 is 1.13 bits per heavy atom. The van der Waals surface area contributed by atoms with Gasteiger partial charge in [-0.25, -0.2) is 29.0 Å². The number of ether oxygens (including phenoxy) is 4. The van der Waals surface area contributed by atoms with Gasteiger partial charge in [-0.1, -0.05) is 38.5 Å². The van der Waals surface area contributed by atoms with Crippen LogP contribution >= 0.6 is 0 Å². The van der Waals surface area contributed by atoms with E-state index in [0.717, 1.165) is 38.5 Å². The lowest BCUT2D eigenvalue weighted by molar-refractivity contribution is -0.452. The van der Waals surface area contributed by atoms with E-state index in [1.807, 2.05) is 27.7 Å². The summed E-state index contributed by atoms with van der Waals surface area (Å²) in [6.45, 7) is 7.80. The average Bonchev–Trinajstić information content (AvgIpc) is 3.01. The highest BCUT2D eigenvalue weighted by Gasteiger charge is 2.14. The third-order valence-corrected chi connectivity index (χ3v) is 5.83. The van der Waals surface area contributed by atoms with Crippen LogP contribution in [0, 0.1) is 0 Å². The standard InChI is InChI=1S/C32H42O14/c1-23(2)39-27-17-13-25(14-18-27)29(33)41-45-43-31(35)37-21-11-9-7-5-6-8-10-12-22-38-32(36)44-46-42-30(34)26-15-19-28(20-16-26)40-24(3)4/h13-20,23-24H,5-12,21-22H2,1-4H3. The number of rotatable bonds is 21. The van der Waals surface area contributed by atoms with Crippen molar-refractivity contribution in [3.8, 4) is 11.5 Å². The molecule has 0 atom stereocenters. The molecule has 0 spiro atoms. The Balaban J connectivity index is 1.36. The van der Waals surface area contributed by atoms with Crippen LogP contribution in [0.15, 0.2) is 48.5 Å². The van der Waals surface area contributed by atoms with Gasteiger partial charge in [0, 0.05) is 0 Å². The van der Waals surface area contributed by atoms with Gasteiger partial charge in [0.2, 0.25) is 0 Å². The lowest BCUT2D eigenvalue weighted by Crippen LogP contribution is -2.13. The number of hydrogen-bond donors (Lipinski definition) is 0. The van der Waals surface area contributed by atoms with Crippen molar-refractivity contribution in [1.29, 1.82) is 0 Å². The second kappa shape index (κ2) is 22.0. The largest absolute Gasteiger partial charge is 0.543 e. The van der Waals surface area contributed by atoms with Gasteiger partial charge in [0.15, 0.2) is 0 Å². The van der Waals surface area contributed by atoms with Crippen molar-refractivity contribution in [3.63, 3.8) is 0 Å². The summed E-state index contributed by atoms with van der Waals surface area (Å²) in [6, 6.07) is 12.4. The molecular formula is C32H42O14. The Morgan fingerprint density at radius 1 is 0.478 bits per heavy atom. The topological polar surface area (TPSA) is 161 Å². The molecule has 2 rings (SSSR count). The van der Waals surface area contributed by atoms with Gasteiger partial charge < -0.3 is 18.9 Å². The van der Waals surface area contributed by atoms with Gasteiger partial charge >= 0.3 is 24.2 Å². The van der Waals surface area contributed by atoms with E-state index in [1.165, 1.54) is 24.3 Å². The summed E-state index contributed by atoms with van der Waals surface area (Å²) in [7, 11) is 0. The molecule has 254 valence electrons. The van der Waals surface area contributed by atoms with Gasteiger partial charge in [0.05, 0.1) is 46.6 Å². The Morgan fingerprint density at radius 2 is 0.804 bits per heavy atom. The van der Waals surface area contributed by atoms with Crippen LogP contribution in [-0.4, -0.2) is 49.7 Å². The molecule has 14 heteroatoms. The molecule has 2 aromatic rings. The van der Waals surface area contributed by atoms with Crippen molar-refractivity contribution in [1.82, 2.24) is 0 Å². The monoisotopic (exact) mass is 650 g/mol. The first-order valence-electron chi connectivity index (χ1n) is 15.1. The predicted molar refractivity (Wildman–Crippen MR) is 159 cm³/mol. The summed E-state index contributed by atoms with van der Waals surface area (Å²) in [4.78, 5) is 64.3. The molecule has 0 aromatic heterocycles. The first-order valence-corrected chi connectivity index (χ1v) is 15.1. The minimum absolute atomic E-state index is 0.00253. The van der Waals surface area contributed by atoms with Gasteiger partial charge in [-0.2, -0.15) is 0 Å². The Hall–Kier alpha value is -4.56. The summed E-state index contributed by atoms with van der Waals surface area (Å²) >= 11 is 0. The van der Waals surface area contributed by atoms with Gasteiger partial charge in [-0.15, -0.1) is 0 Å². The molecule has 14 nitrogen and oxygen atoms in total. The third-order valence-electron chi connectivity index (χ3n) is 5.83. The zero-order valence-corrected chi connectivity index (χ0v) is 26.6. The maximum absolute atomic E-state index is 11.9. The molecule has 0 saturated heterocycles. The predicted octanol–water partition coefficient (Wildman–Crippen LogP) is 7.40. The molecule has 0 aliphatic rings. The Bertz CT molecular complexity index is 1080. The van der Waals surface area contributed by atoms with Crippen LogP contribution < -0.4 is 9.47 Å². The van der Waals surface area contributed by atoms with Crippen LogP contribution in [0.3, 0.4) is 0 Å². The van der Waals surface area contributed by atoms with Crippen LogP contribution in [0.2, 0.25) is 0 Å². The highest BCUT2D eigenvalue weighted by Crippen LogP contribution is 2.16. The van der Waals surface area contributed by atoms with Gasteiger partial charge in [-0.05, 0) is 89.1 Å². The van der Waals surface area contributed by atoms with Crippen molar-refractivity contribution < 1.29 is 67.8 Å². The zero-order chi connectivity index (χ0) is 33.6. The fraction of sp³-hybridized carbons (Fsp3) is 0.500. The van der Waals surface area contributed by atoms with E-state index in [0.29, 0.717) is 24.3 Å². The lowest BCUT2D eigenvalue weighted by atomic mass is 10.1. The molecule has 0 aliphatic heterocycles. The molecule has 0 bridgehead atoms. The van der Waals surface area contributed by atoms with Gasteiger partial charge in [0.25, 0.3) is 0 Å². The van der Waals surface area contributed by atoms with Crippen LogP contribution in [-0.2, 0) is 39.1 Å². The normalized spacial score (nSPS) is 10.7.